The molecule has 1 aliphatic rings. The van der Waals surface area contributed by atoms with E-state index in [1.165, 1.54) is 17.4 Å². The van der Waals surface area contributed by atoms with Crippen LogP contribution in [0.3, 0.4) is 0 Å². The number of ether oxygens (including phenoxy) is 1. The molecule has 10 nitrogen and oxygen atoms in total. The number of sulfonamides is 1. The maximum atomic E-state index is 13.0. The van der Waals surface area contributed by atoms with Crippen LogP contribution in [-0.2, 0) is 26.2 Å². The third-order valence-electron chi connectivity index (χ3n) is 6.11. The zero-order chi connectivity index (χ0) is 29.2. The Hall–Kier alpha value is -3.95. The number of nitrogens with one attached hydrogen (secondary N) is 2. The number of hydrogen-bond acceptors (Lipinski definition) is 7. The Kier molecular flexibility index (Phi) is 8.18. The number of aromatic nitrogens is 1. The van der Waals surface area contributed by atoms with Crippen LogP contribution in [0.15, 0.2) is 63.7 Å². The smallest absolute Gasteiger partial charge is 0.490 e. The molecule has 2 aromatic carbocycles. The number of aliphatic carboxylic acids is 1. The van der Waals surface area contributed by atoms with E-state index >= 15 is 0 Å². The van der Waals surface area contributed by atoms with Gasteiger partial charge in [-0.15, -0.1) is 11.3 Å². The zero-order valence-electron chi connectivity index (χ0n) is 20.7. The van der Waals surface area contributed by atoms with Crippen LogP contribution >= 0.6 is 11.3 Å². The number of nitrogens with zero attached hydrogens (tertiary/aromatic N) is 1. The summed E-state index contributed by atoms with van der Waals surface area (Å²) in [5.41, 5.74) is 0.719. The Morgan fingerprint density at radius 2 is 1.88 bits per heavy atom. The molecule has 1 saturated heterocycles. The first kappa shape index (κ1) is 29.0. The van der Waals surface area contributed by atoms with Crippen LogP contribution in [0.2, 0.25) is 0 Å². The lowest BCUT2D eigenvalue weighted by Gasteiger charge is -2.17. The average molecular weight is 598 g/mol. The molecule has 212 valence electrons. The Bertz CT molecular complexity index is 1750. The first-order chi connectivity index (χ1) is 18.8. The van der Waals surface area contributed by atoms with Crippen molar-refractivity contribution in [3.05, 3.63) is 70.0 Å². The van der Waals surface area contributed by atoms with Crippen molar-refractivity contribution < 1.29 is 41.0 Å². The quantitative estimate of drug-likeness (QED) is 0.309. The van der Waals surface area contributed by atoms with Crippen LogP contribution in [0.1, 0.15) is 12.0 Å². The van der Waals surface area contributed by atoms with Crippen molar-refractivity contribution in [3.63, 3.8) is 0 Å². The van der Waals surface area contributed by atoms with Crippen molar-refractivity contribution in [2.75, 3.05) is 13.7 Å². The van der Waals surface area contributed by atoms with Gasteiger partial charge < -0.3 is 19.7 Å². The zero-order valence-corrected chi connectivity index (χ0v) is 22.3. The summed E-state index contributed by atoms with van der Waals surface area (Å²) < 4.78 is 66.2. The molecule has 1 aliphatic heterocycles. The van der Waals surface area contributed by atoms with Crippen molar-refractivity contribution in [3.8, 4) is 5.75 Å². The number of hydrogen-bond donors (Lipinski definition) is 3. The van der Waals surface area contributed by atoms with Gasteiger partial charge in [-0.2, -0.15) is 17.9 Å². The lowest BCUT2D eigenvalue weighted by molar-refractivity contribution is -0.192. The maximum Gasteiger partial charge on any atom is 0.490 e. The van der Waals surface area contributed by atoms with E-state index in [0.29, 0.717) is 30.0 Å². The molecule has 1 fully saturated rings. The Labute approximate surface area is 229 Å². The number of methoxy groups -OCH3 is 1. The number of carboxylic acids is 1. The molecular formula is C25H22F3N3O7S2. The average Bonchev–Trinajstić information content (AvgIpc) is 3.47. The number of fused-ring (bicyclic) bond motifs is 2. The lowest BCUT2D eigenvalue weighted by atomic mass is 10.1. The number of likely N-dealkylation sites (tertiary alicyclic amines) is 1. The molecule has 3 N–H and O–H groups in total. The van der Waals surface area contributed by atoms with Crippen molar-refractivity contribution in [1.29, 1.82) is 0 Å². The molecule has 0 bridgehead atoms. The Morgan fingerprint density at radius 1 is 1.18 bits per heavy atom. The molecule has 1 atom stereocenters. The number of thiophene rings is 1. The first-order valence-electron chi connectivity index (χ1n) is 11.6. The number of H-pyrrole nitrogens is 1. The first-order valence-corrected chi connectivity index (χ1v) is 13.9. The highest BCUT2D eigenvalue weighted by Gasteiger charge is 2.38. The number of rotatable bonds is 6. The topological polar surface area (TPSA) is 146 Å². The molecule has 40 heavy (non-hydrogen) atoms. The molecule has 5 rings (SSSR count). The van der Waals surface area contributed by atoms with E-state index in [4.69, 9.17) is 14.6 Å². The molecule has 0 aliphatic carbocycles. The van der Waals surface area contributed by atoms with E-state index in [0.717, 1.165) is 21.7 Å². The molecule has 4 aromatic rings. The predicted molar refractivity (Wildman–Crippen MR) is 141 cm³/mol. The summed E-state index contributed by atoms with van der Waals surface area (Å²) in [4.78, 5) is 38.2. The second kappa shape index (κ2) is 11.3. The van der Waals surface area contributed by atoms with Gasteiger partial charge in [-0.1, -0.05) is 12.1 Å². The van der Waals surface area contributed by atoms with E-state index in [1.807, 2.05) is 23.6 Å². The predicted octanol–water partition coefficient (Wildman–Crippen LogP) is 3.46. The van der Waals surface area contributed by atoms with Gasteiger partial charge in [0, 0.05) is 24.7 Å². The molecule has 0 spiro atoms. The molecule has 1 amide bonds. The minimum Gasteiger partial charge on any atom is -0.497 e. The summed E-state index contributed by atoms with van der Waals surface area (Å²) in [5, 5.41) is 11.4. The van der Waals surface area contributed by atoms with E-state index < -0.39 is 28.2 Å². The number of benzene rings is 2. The van der Waals surface area contributed by atoms with Crippen molar-refractivity contribution in [2.24, 2.45) is 0 Å². The summed E-state index contributed by atoms with van der Waals surface area (Å²) in [5.74, 6) is -2.40. The number of carbonyl (C=O) groups is 2. The normalized spacial score (nSPS) is 15.8. The summed E-state index contributed by atoms with van der Waals surface area (Å²) in [6.45, 7) is 0.762. The van der Waals surface area contributed by atoms with Crippen LogP contribution in [0.25, 0.3) is 20.9 Å². The van der Waals surface area contributed by atoms with Crippen LogP contribution in [-0.4, -0.2) is 61.2 Å². The lowest BCUT2D eigenvalue weighted by Crippen LogP contribution is -2.41. The van der Waals surface area contributed by atoms with Gasteiger partial charge in [0.25, 0.3) is 5.56 Å². The number of carbonyl (C=O) groups excluding carboxylic acids is 1. The van der Waals surface area contributed by atoms with Gasteiger partial charge in [-0.05, 0) is 58.5 Å². The molecule has 3 heterocycles. The highest BCUT2D eigenvalue weighted by molar-refractivity contribution is 7.89. The third kappa shape index (κ3) is 6.26. The van der Waals surface area contributed by atoms with Crippen LogP contribution < -0.4 is 15.0 Å². The maximum absolute atomic E-state index is 13.0. The number of halogens is 3. The van der Waals surface area contributed by atoms with Gasteiger partial charge in [-0.25, -0.2) is 13.2 Å². The van der Waals surface area contributed by atoms with Gasteiger partial charge in [0.2, 0.25) is 15.9 Å². The van der Waals surface area contributed by atoms with Crippen LogP contribution in [0, 0.1) is 0 Å². The SMILES string of the molecule is COc1ccc2ccc(S(=O)(=O)NC3CCN(Cc4csc5c(=O)[nH]ccc45)C3=O)cc2c1.O=C(O)C(F)(F)F. The van der Waals surface area contributed by atoms with E-state index in [1.54, 1.807) is 36.4 Å². The molecule has 1 unspecified atom stereocenters. The number of carboxylic acid groups (broad SMARTS) is 1. The van der Waals surface area contributed by atoms with Crippen LogP contribution in [0.5, 0.6) is 5.75 Å². The Balaban J connectivity index is 0.000000470. The fourth-order valence-corrected chi connectivity index (χ4v) is 6.33. The number of pyridine rings is 1. The standard InChI is InChI=1S/C23H21N3O5S2.C2HF3O2/c1-31-17-4-2-14-3-5-18(11-15(14)10-17)33(29,30)25-20-7-9-26(23(20)28)12-16-13-32-21-19(16)6-8-24-22(21)27;3-2(4,5)1(6)7/h2-6,8,10-11,13,20,25H,7,9,12H2,1H3,(H,24,27);(H,6,7). The van der Waals surface area contributed by atoms with Crippen molar-refractivity contribution in [1.82, 2.24) is 14.6 Å². The second-order valence-electron chi connectivity index (χ2n) is 8.71. The van der Waals surface area contributed by atoms with E-state index in [-0.39, 0.29) is 16.4 Å². The highest BCUT2D eigenvalue weighted by atomic mass is 32.2. The number of amides is 1. The fraction of sp³-hybridized carbons (Fsp3) is 0.240. The summed E-state index contributed by atoms with van der Waals surface area (Å²) in [6, 6.07) is 11.3. The van der Waals surface area contributed by atoms with Gasteiger partial charge in [0.05, 0.1) is 16.7 Å². The molecule has 15 heteroatoms. The minimum atomic E-state index is -5.08. The van der Waals surface area contributed by atoms with Crippen molar-refractivity contribution >= 4 is 54.1 Å². The minimum absolute atomic E-state index is 0.0950. The molecule has 0 radical (unpaired) electrons. The third-order valence-corrected chi connectivity index (χ3v) is 8.62. The van der Waals surface area contributed by atoms with Crippen LogP contribution in [0.4, 0.5) is 13.2 Å². The summed E-state index contributed by atoms with van der Waals surface area (Å²) in [6.07, 6.45) is -3.12. The Morgan fingerprint density at radius 3 is 2.55 bits per heavy atom. The number of aromatic amines is 1. The monoisotopic (exact) mass is 597 g/mol. The molecule has 2 aromatic heterocycles. The molecular weight excluding hydrogens is 575 g/mol. The van der Waals surface area contributed by atoms with E-state index in [2.05, 4.69) is 9.71 Å². The summed E-state index contributed by atoms with van der Waals surface area (Å²) in [7, 11) is -2.34. The second-order valence-corrected chi connectivity index (χ2v) is 11.3. The molecule has 0 saturated carbocycles. The van der Waals surface area contributed by atoms with Gasteiger partial charge >= 0.3 is 12.1 Å². The largest absolute Gasteiger partial charge is 0.497 e. The fourth-order valence-electron chi connectivity index (χ4n) is 4.11. The number of alkyl halides is 3. The van der Waals surface area contributed by atoms with Gasteiger partial charge in [-0.3, -0.25) is 9.59 Å². The summed E-state index contributed by atoms with van der Waals surface area (Å²) >= 11 is 1.33. The van der Waals surface area contributed by atoms with Crippen molar-refractivity contribution in [2.45, 2.75) is 30.1 Å². The van der Waals surface area contributed by atoms with E-state index in [9.17, 15) is 31.2 Å². The highest BCUT2D eigenvalue weighted by Crippen LogP contribution is 2.27. The van der Waals surface area contributed by atoms with Gasteiger partial charge in [0.15, 0.2) is 0 Å². The van der Waals surface area contributed by atoms with Gasteiger partial charge in [0.1, 0.15) is 11.8 Å².